The first kappa shape index (κ1) is 39.0. The molecule has 0 saturated heterocycles. The Kier molecular flexibility index (Phi) is 11.6. The van der Waals surface area contributed by atoms with Crippen LogP contribution in [0.3, 0.4) is 0 Å². The third-order valence-corrected chi connectivity index (χ3v) is 22.3. The lowest BCUT2D eigenvalue weighted by atomic mass is 9.60. The predicted octanol–water partition coefficient (Wildman–Crippen LogP) is 12.2. The molecule has 3 rings (SSSR count). The monoisotopic (exact) mass is 659 g/mol. The van der Waals surface area contributed by atoms with Crippen LogP contribution in [0.25, 0.3) is 0 Å². The van der Waals surface area contributed by atoms with E-state index in [1.54, 1.807) is 5.57 Å². The Hall–Kier alpha value is -0.466. The number of hydrogen-bond donors (Lipinski definition) is 1. The summed E-state index contributed by atoms with van der Waals surface area (Å²) in [5.74, 6) is 2.16. The maximum Gasteiger partial charge on any atom is 0.192 e. The minimum absolute atomic E-state index is 0.00343. The quantitative estimate of drug-likeness (QED) is 0.237. The lowest BCUT2D eigenvalue weighted by Gasteiger charge is -2.50. The van der Waals surface area contributed by atoms with Gasteiger partial charge in [-0.3, -0.25) is 0 Å². The Balaban J connectivity index is 1.91. The summed E-state index contributed by atoms with van der Waals surface area (Å²) in [6, 6.07) is 0. The van der Waals surface area contributed by atoms with Gasteiger partial charge >= 0.3 is 0 Å². The molecule has 3 unspecified atom stereocenters. The summed E-state index contributed by atoms with van der Waals surface area (Å²) in [4.78, 5) is 0. The van der Waals surface area contributed by atoms with Crippen molar-refractivity contribution < 1.29 is 14.0 Å². The number of fused-ring (bicyclic) bond motifs is 1. The first-order chi connectivity index (χ1) is 20.2. The zero-order valence-electron chi connectivity index (χ0n) is 32.5. The first-order valence-corrected chi connectivity index (χ1v) is 24.2. The molecule has 0 aromatic heterocycles. The smallest absolute Gasteiger partial charge is 0.192 e. The van der Waals surface area contributed by atoms with Gasteiger partial charge in [0.2, 0.25) is 0 Å². The minimum Gasteiger partial charge on any atom is -0.411 e. The van der Waals surface area contributed by atoms with Crippen molar-refractivity contribution in [3.63, 3.8) is 0 Å². The van der Waals surface area contributed by atoms with Gasteiger partial charge in [-0.2, -0.15) is 0 Å². The van der Waals surface area contributed by atoms with Crippen LogP contribution in [0.15, 0.2) is 35.5 Å². The van der Waals surface area contributed by atoms with Gasteiger partial charge in [-0.1, -0.05) is 92.5 Å². The number of hydrogen-bond acceptors (Lipinski definition) is 3. The zero-order chi connectivity index (χ0) is 34.4. The van der Waals surface area contributed by atoms with E-state index in [1.807, 2.05) is 13.8 Å². The summed E-state index contributed by atoms with van der Waals surface area (Å²) in [5, 5.41) is 10.6. The number of rotatable bonds is 10. The maximum atomic E-state index is 10.3. The summed E-state index contributed by atoms with van der Waals surface area (Å²) in [5.41, 5.74) is 3.74. The van der Waals surface area contributed by atoms with Gasteiger partial charge < -0.3 is 14.0 Å². The van der Waals surface area contributed by atoms with Gasteiger partial charge in [0.15, 0.2) is 16.6 Å². The molecule has 0 aliphatic heterocycles. The van der Waals surface area contributed by atoms with Crippen LogP contribution in [0.1, 0.15) is 140 Å². The molecule has 3 aliphatic carbocycles. The molecule has 3 saturated carbocycles. The number of aliphatic hydroxyl groups is 1. The Morgan fingerprint density at radius 1 is 0.956 bits per heavy atom. The van der Waals surface area contributed by atoms with Crippen LogP contribution < -0.4 is 0 Å². The van der Waals surface area contributed by atoms with Gasteiger partial charge in [0.05, 0.1) is 17.3 Å². The van der Waals surface area contributed by atoms with E-state index in [-0.39, 0.29) is 21.8 Å². The standard InChI is InChI=1S/C40H74O3Si2/c1-29(19-17-25-38(9,10)41)33-23-24-34-31(20-18-26-40(33,34)12)21-22-32-27-39(11,43-45(15,16)37(6,7)8)28-35(30(32)2)42-44(13,14)36(3,4)5/h21-22,29,33-35,41H,2,17-20,23-28H2,1,3-16H3/t29-,33?,34?,35?,39-,40+/m0/s1. The Morgan fingerprint density at radius 2 is 1.56 bits per heavy atom. The second-order valence-corrected chi connectivity index (χ2v) is 29.3. The molecule has 260 valence electrons. The molecule has 1 N–H and O–H groups in total. The minimum atomic E-state index is -2.00. The molecular formula is C40H74O3Si2. The fraction of sp³-hybridized carbons (Fsp3) is 0.850. The summed E-state index contributed by atoms with van der Waals surface area (Å²) in [6.07, 6.45) is 16.5. The lowest BCUT2D eigenvalue weighted by Crippen LogP contribution is -2.53. The second-order valence-electron chi connectivity index (χ2n) is 19.8. The molecule has 3 aliphatic rings. The van der Waals surface area contributed by atoms with Crippen molar-refractivity contribution in [3.05, 3.63) is 35.5 Å². The molecule has 0 radical (unpaired) electrons. The Morgan fingerprint density at radius 3 is 2.11 bits per heavy atom. The van der Waals surface area contributed by atoms with Crippen molar-refractivity contribution in [2.45, 2.75) is 194 Å². The topological polar surface area (TPSA) is 38.7 Å². The molecular weight excluding hydrogens is 585 g/mol. The highest BCUT2D eigenvalue weighted by atomic mass is 28.4. The molecule has 0 heterocycles. The van der Waals surface area contributed by atoms with E-state index < -0.39 is 22.2 Å². The highest BCUT2D eigenvalue weighted by Crippen LogP contribution is 2.60. The van der Waals surface area contributed by atoms with Crippen molar-refractivity contribution in [2.24, 2.45) is 23.2 Å². The summed E-state index contributed by atoms with van der Waals surface area (Å²) >= 11 is 0. The zero-order valence-corrected chi connectivity index (χ0v) is 34.5. The van der Waals surface area contributed by atoms with Crippen LogP contribution >= 0.6 is 0 Å². The Labute approximate surface area is 282 Å². The van der Waals surface area contributed by atoms with E-state index in [0.717, 1.165) is 31.6 Å². The van der Waals surface area contributed by atoms with Crippen molar-refractivity contribution in [3.8, 4) is 0 Å². The molecule has 3 nitrogen and oxygen atoms in total. The highest BCUT2D eigenvalue weighted by Gasteiger charge is 2.51. The van der Waals surface area contributed by atoms with E-state index >= 15 is 0 Å². The van der Waals surface area contributed by atoms with Gasteiger partial charge in [0.1, 0.15) is 0 Å². The molecule has 0 spiro atoms. The number of allylic oxidation sites excluding steroid dienone is 3. The molecule has 6 atom stereocenters. The van der Waals surface area contributed by atoms with Crippen LogP contribution in [0.4, 0.5) is 0 Å². The average molecular weight is 659 g/mol. The van der Waals surface area contributed by atoms with Crippen LogP contribution in [0.5, 0.6) is 0 Å². The van der Waals surface area contributed by atoms with Gasteiger partial charge in [-0.05, 0) is 130 Å². The van der Waals surface area contributed by atoms with Gasteiger partial charge in [0, 0.05) is 12.8 Å². The molecule has 45 heavy (non-hydrogen) atoms. The van der Waals surface area contributed by atoms with E-state index in [0.29, 0.717) is 17.3 Å². The van der Waals surface area contributed by atoms with E-state index in [2.05, 4.69) is 101 Å². The average Bonchev–Trinajstić information content (AvgIpc) is 3.20. The third-order valence-electron chi connectivity index (χ3n) is 13.2. The third kappa shape index (κ3) is 9.16. The van der Waals surface area contributed by atoms with Gasteiger partial charge in [-0.25, -0.2) is 0 Å². The van der Waals surface area contributed by atoms with Gasteiger partial charge in [-0.15, -0.1) is 0 Å². The molecule has 3 fully saturated rings. The summed E-state index contributed by atoms with van der Waals surface area (Å²) in [6.45, 7) is 39.6. The lowest BCUT2D eigenvalue weighted by molar-refractivity contribution is 0.0172. The predicted molar refractivity (Wildman–Crippen MR) is 201 cm³/mol. The van der Waals surface area contributed by atoms with Crippen molar-refractivity contribution in [1.82, 2.24) is 0 Å². The maximum absolute atomic E-state index is 10.3. The summed E-state index contributed by atoms with van der Waals surface area (Å²) < 4.78 is 14.4. The van der Waals surface area contributed by atoms with Crippen molar-refractivity contribution >= 4 is 16.6 Å². The highest BCUT2D eigenvalue weighted by molar-refractivity contribution is 6.74. The second kappa shape index (κ2) is 13.4. The van der Waals surface area contributed by atoms with Crippen molar-refractivity contribution in [2.75, 3.05) is 0 Å². The molecule has 5 heteroatoms. The van der Waals surface area contributed by atoms with Crippen molar-refractivity contribution in [1.29, 1.82) is 0 Å². The normalized spacial score (nSPS) is 33.2. The molecule has 0 aromatic rings. The molecule has 0 aromatic carbocycles. The van der Waals surface area contributed by atoms with Gasteiger partial charge in [0.25, 0.3) is 0 Å². The first-order valence-electron chi connectivity index (χ1n) is 18.4. The SMILES string of the molecule is C=C1C(=CC=C2CCC[C@@]3(C)C2CCC3[C@@H](C)CCCC(C)(C)O)C[C@](C)(O[Si](C)(C)C(C)(C)C)CC1O[Si](C)(C)C(C)(C)C. The van der Waals surface area contributed by atoms with Crippen LogP contribution in [0, 0.1) is 23.2 Å². The fourth-order valence-electron chi connectivity index (χ4n) is 8.45. The fourth-order valence-corrected chi connectivity index (χ4v) is 11.4. The van der Waals surface area contributed by atoms with E-state index in [4.69, 9.17) is 15.4 Å². The van der Waals surface area contributed by atoms with Crippen LogP contribution in [-0.4, -0.2) is 39.0 Å². The molecule has 0 bridgehead atoms. The Bertz CT molecular complexity index is 1110. The molecule has 0 amide bonds. The van der Waals surface area contributed by atoms with E-state index in [1.165, 1.54) is 49.7 Å². The summed E-state index contributed by atoms with van der Waals surface area (Å²) in [7, 11) is -4.00. The van der Waals surface area contributed by atoms with Crippen LogP contribution in [-0.2, 0) is 8.85 Å². The van der Waals surface area contributed by atoms with E-state index in [9.17, 15) is 5.11 Å². The largest absolute Gasteiger partial charge is 0.411 e. The van der Waals surface area contributed by atoms with Crippen LogP contribution in [0.2, 0.25) is 36.3 Å².